The molecule has 0 fully saturated rings. The SMILES string of the molecule is COc1cc2occ(-c3cccc(Br)c3)c2cc1/C(C)=C/C(=O)NCc1ccc(C)cc1. The van der Waals surface area contributed by atoms with Crippen molar-refractivity contribution in [3.63, 3.8) is 0 Å². The molecule has 0 aliphatic heterocycles. The number of nitrogens with one attached hydrogen (secondary N) is 1. The highest BCUT2D eigenvalue weighted by molar-refractivity contribution is 9.10. The lowest BCUT2D eigenvalue weighted by Crippen LogP contribution is -2.20. The number of rotatable bonds is 6. The van der Waals surface area contributed by atoms with Crippen molar-refractivity contribution in [2.45, 2.75) is 20.4 Å². The van der Waals surface area contributed by atoms with Gasteiger partial charge in [0.25, 0.3) is 0 Å². The van der Waals surface area contributed by atoms with Crippen LogP contribution in [-0.4, -0.2) is 13.0 Å². The topological polar surface area (TPSA) is 51.5 Å². The van der Waals surface area contributed by atoms with Gasteiger partial charge >= 0.3 is 0 Å². The minimum Gasteiger partial charge on any atom is -0.496 e. The molecular formula is C27H24BrNO3. The van der Waals surface area contributed by atoms with Gasteiger partial charge in [-0.25, -0.2) is 0 Å². The first-order valence-electron chi connectivity index (χ1n) is 10.3. The minimum absolute atomic E-state index is 0.148. The minimum atomic E-state index is -0.148. The van der Waals surface area contributed by atoms with Gasteiger partial charge in [0.15, 0.2) is 0 Å². The molecule has 5 heteroatoms. The summed E-state index contributed by atoms with van der Waals surface area (Å²) in [5.74, 6) is 0.511. The molecule has 0 aliphatic carbocycles. The van der Waals surface area contributed by atoms with Crippen molar-refractivity contribution in [2.24, 2.45) is 0 Å². The van der Waals surface area contributed by atoms with Crippen LogP contribution in [0.25, 0.3) is 27.7 Å². The summed E-state index contributed by atoms with van der Waals surface area (Å²) < 4.78 is 12.4. The van der Waals surface area contributed by atoms with Crippen LogP contribution in [-0.2, 0) is 11.3 Å². The van der Waals surface area contributed by atoms with E-state index in [4.69, 9.17) is 9.15 Å². The molecule has 0 aliphatic rings. The van der Waals surface area contributed by atoms with Crippen LogP contribution in [0.3, 0.4) is 0 Å². The first-order chi connectivity index (χ1) is 15.4. The van der Waals surface area contributed by atoms with Gasteiger partial charge in [0, 0.05) is 39.7 Å². The second-order valence-corrected chi connectivity index (χ2v) is 8.65. The zero-order chi connectivity index (χ0) is 22.7. The van der Waals surface area contributed by atoms with E-state index >= 15 is 0 Å². The van der Waals surface area contributed by atoms with Crippen LogP contribution in [0.15, 0.2) is 81.9 Å². The first kappa shape index (κ1) is 21.9. The fourth-order valence-electron chi connectivity index (χ4n) is 3.63. The number of hydrogen-bond donors (Lipinski definition) is 1. The van der Waals surface area contributed by atoms with Crippen molar-refractivity contribution in [2.75, 3.05) is 7.11 Å². The summed E-state index contributed by atoms with van der Waals surface area (Å²) in [6.45, 7) is 4.43. The summed E-state index contributed by atoms with van der Waals surface area (Å²) in [4.78, 5) is 12.6. The number of methoxy groups -OCH3 is 1. The number of furan rings is 1. The molecule has 0 atom stereocenters. The van der Waals surface area contributed by atoms with Crippen molar-refractivity contribution in [1.29, 1.82) is 0 Å². The Bertz CT molecular complexity index is 1300. The highest BCUT2D eigenvalue weighted by atomic mass is 79.9. The molecule has 3 aromatic carbocycles. The van der Waals surface area contributed by atoms with E-state index in [0.717, 1.165) is 43.3 Å². The summed E-state index contributed by atoms with van der Waals surface area (Å²) in [7, 11) is 1.62. The summed E-state index contributed by atoms with van der Waals surface area (Å²) in [6, 6.07) is 20.1. The molecule has 1 amide bonds. The van der Waals surface area contributed by atoms with Crippen LogP contribution >= 0.6 is 15.9 Å². The number of fused-ring (bicyclic) bond motifs is 1. The molecule has 0 unspecified atom stereocenters. The molecule has 0 saturated heterocycles. The quantitative estimate of drug-likeness (QED) is 0.299. The number of carbonyl (C=O) groups excluding carboxylic acids is 1. The molecule has 4 nitrogen and oxygen atoms in total. The van der Waals surface area contributed by atoms with E-state index in [2.05, 4.69) is 27.3 Å². The molecular weight excluding hydrogens is 466 g/mol. The molecule has 4 aromatic rings. The van der Waals surface area contributed by atoms with Gasteiger partial charge in [0.05, 0.1) is 13.4 Å². The number of benzene rings is 3. The van der Waals surface area contributed by atoms with Gasteiger partial charge in [-0.1, -0.05) is 57.9 Å². The third-order valence-electron chi connectivity index (χ3n) is 5.39. The van der Waals surface area contributed by atoms with E-state index in [1.807, 2.05) is 68.4 Å². The van der Waals surface area contributed by atoms with Crippen LogP contribution in [0.5, 0.6) is 5.75 Å². The Balaban J connectivity index is 1.63. The molecule has 1 aromatic heterocycles. The summed E-state index contributed by atoms with van der Waals surface area (Å²) >= 11 is 3.53. The molecule has 1 N–H and O–H groups in total. The normalized spacial score (nSPS) is 11.6. The van der Waals surface area contributed by atoms with Gasteiger partial charge in [0.1, 0.15) is 11.3 Å². The maximum Gasteiger partial charge on any atom is 0.244 e. The predicted octanol–water partition coefficient (Wildman–Crippen LogP) is 6.90. The van der Waals surface area contributed by atoms with E-state index in [1.165, 1.54) is 5.56 Å². The number of amides is 1. The van der Waals surface area contributed by atoms with E-state index in [1.54, 1.807) is 19.4 Å². The zero-order valence-corrected chi connectivity index (χ0v) is 19.8. The molecule has 0 saturated carbocycles. The highest BCUT2D eigenvalue weighted by Crippen LogP contribution is 2.37. The Hall–Kier alpha value is -3.31. The van der Waals surface area contributed by atoms with E-state index < -0.39 is 0 Å². The van der Waals surface area contributed by atoms with Crippen LogP contribution in [0, 0.1) is 6.92 Å². The fraction of sp³-hybridized carbons (Fsp3) is 0.148. The summed E-state index contributed by atoms with van der Waals surface area (Å²) in [5.41, 5.74) is 6.69. The summed E-state index contributed by atoms with van der Waals surface area (Å²) in [6.07, 6.45) is 3.36. The maximum absolute atomic E-state index is 12.6. The number of carbonyl (C=O) groups is 1. The number of aryl methyl sites for hydroxylation is 1. The average molecular weight is 490 g/mol. The van der Waals surface area contributed by atoms with Crippen molar-refractivity contribution in [3.05, 3.63) is 94.2 Å². The smallest absolute Gasteiger partial charge is 0.244 e. The Morgan fingerprint density at radius 3 is 2.62 bits per heavy atom. The van der Waals surface area contributed by atoms with E-state index in [9.17, 15) is 4.79 Å². The van der Waals surface area contributed by atoms with Gasteiger partial charge < -0.3 is 14.5 Å². The highest BCUT2D eigenvalue weighted by Gasteiger charge is 2.15. The van der Waals surface area contributed by atoms with Crippen molar-refractivity contribution >= 4 is 38.4 Å². The molecule has 162 valence electrons. The van der Waals surface area contributed by atoms with Gasteiger partial charge in [-0.15, -0.1) is 0 Å². The Labute approximate surface area is 196 Å². The van der Waals surface area contributed by atoms with Crippen LogP contribution < -0.4 is 10.1 Å². The Morgan fingerprint density at radius 1 is 1.12 bits per heavy atom. The van der Waals surface area contributed by atoms with Crippen molar-refractivity contribution in [1.82, 2.24) is 5.32 Å². The average Bonchev–Trinajstić information content (AvgIpc) is 3.20. The largest absolute Gasteiger partial charge is 0.496 e. The molecule has 0 bridgehead atoms. The zero-order valence-electron chi connectivity index (χ0n) is 18.2. The first-order valence-corrected chi connectivity index (χ1v) is 11.1. The third kappa shape index (κ3) is 4.78. The van der Waals surface area contributed by atoms with Crippen LogP contribution in [0.2, 0.25) is 0 Å². The van der Waals surface area contributed by atoms with E-state index in [-0.39, 0.29) is 5.91 Å². The lowest BCUT2D eigenvalue weighted by Gasteiger charge is -2.10. The van der Waals surface area contributed by atoms with Gasteiger partial charge in [-0.3, -0.25) is 4.79 Å². The lowest BCUT2D eigenvalue weighted by atomic mass is 9.99. The standard InChI is InChI=1S/C27H24BrNO3/c1-17-7-9-19(10-8-17)15-29-27(30)11-18(2)22-13-23-24(20-5-4-6-21(28)12-20)16-32-26(23)14-25(22)31-3/h4-14,16H,15H2,1-3H3,(H,29,30)/b18-11+. The number of halogens is 1. The maximum atomic E-state index is 12.6. The fourth-order valence-corrected chi connectivity index (χ4v) is 4.03. The Morgan fingerprint density at radius 2 is 1.91 bits per heavy atom. The molecule has 32 heavy (non-hydrogen) atoms. The lowest BCUT2D eigenvalue weighted by molar-refractivity contribution is -0.116. The molecule has 0 radical (unpaired) electrons. The number of ether oxygens (including phenoxy) is 1. The van der Waals surface area contributed by atoms with Gasteiger partial charge in [-0.05, 0) is 48.7 Å². The van der Waals surface area contributed by atoms with Crippen LogP contribution in [0.4, 0.5) is 0 Å². The van der Waals surface area contributed by atoms with Gasteiger partial charge in [-0.2, -0.15) is 0 Å². The second kappa shape index (κ2) is 9.45. The summed E-state index contributed by atoms with van der Waals surface area (Å²) in [5, 5.41) is 3.92. The Kier molecular flexibility index (Phi) is 6.47. The van der Waals surface area contributed by atoms with Crippen molar-refractivity contribution < 1.29 is 13.9 Å². The second-order valence-electron chi connectivity index (χ2n) is 7.74. The number of hydrogen-bond acceptors (Lipinski definition) is 3. The van der Waals surface area contributed by atoms with Crippen molar-refractivity contribution in [3.8, 4) is 16.9 Å². The molecule has 4 rings (SSSR count). The van der Waals surface area contributed by atoms with Gasteiger partial charge in [0.2, 0.25) is 5.91 Å². The number of allylic oxidation sites excluding steroid dienone is 1. The predicted molar refractivity (Wildman–Crippen MR) is 133 cm³/mol. The third-order valence-corrected chi connectivity index (χ3v) is 5.88. The molecule has 1 heterocycles. The van der Waals surface area contributed by atoms with E-state index in [0.29, 0.717) is 12.3 Å². The monoisotopic (exact) mass is 489 g/mol. The molecule has 0 spiro atoms. The van der Waals surface area contributed by atoms with Crippen LogP contribution in [0.1, 0.15) is 23.6 Å².